The number of rotatable bonds is 5. The van der Waals surface area contributed by atoms with Gasteiger partial charge in [0.1, 0.15) is 5.52 Å². The Morgan fingerprint density at radius 1 is 1.14 bits per heavy atom. The molecule has 1 atom stereocenters. The second-order valence-electron chi connectivity index (χ2n) is 6.19. The molecule has 0 spiro atoms. The van der Waals surface area contributed by atoms with E-state index in [0.717, 1.165) is 12.1 Å². The minimum absolute atomic E-state index is 0.188. The first-order chi connectivity index (χ1) is 13.7. The van der Waals surface area contributed by atoms with Crippen molar-refractivity contribution in [2.45, 2.75) is 19.1 Å². The summed E-state index contributed by atoms with van der Waals surface area (Å²) in [5, 5.41) is 5.49. The normalized spacial score (nSPS) is 12.4. The fourth-order valence-electron chi connectivity index (χ4n) is 2.79. The number of nitrogens with one attached hydrogen (secondary N) is 3. The summed E-state index contributed by atoms with van der Waals surface area (Å²) in [4.78, 5) is 30.9. The molecule has 7 nitrogen and oxygen atoms in total. The Bertz CT molecular complexity index is 1050. The average molecular weight is 406 g/mol. The maximum Gasteiger partial charge on any atom is 0.416 e. The largest absolute Gasteiger partial charge is 0.467 e. The van der Waals surface area contributed by atoms with Crippen LogP contribution in [0, 0.1) is 0 Å². The summed E-state index contributed by atoms with van der Waals surface area (Å²) >= 11 is 0. The van der Waals surface area contributed by atoms with Gasteiger partial charge in [0.2, 0.25) is 11.9 Å². The van der Waals surface area contributed by atoms with Gasteiger partial charge >= 0.3 is 12.1 Å². The molecular formula is C19H17F3N4O3. The number of carbonyl (C=O) groups excluding carboxylic acids is 2. The lowest BCUT2D eigenvalue weighted by atomic mass is 10.0. The van der Waals surface area contributed by atoms with Crippen LogP contribution in [0.1, 0.15) is 24.1 Å². The number of aromatic amines is 1. The van der Waals surface area contributed by atoms with Crippen molar-refractivity contribution in [2.24, 2.45) is 0 Å². The molecule has 0 aliphatic rings. The van der Waals surface area contributed by atoms with E-state index in [0.29, 0.717) is 16.7 Å². The molecule has 1 aromatic heterocycles. The first-order valence-corrected chi connectivity index (χ1v) is 8.47. The summed E-state index contributed by atoms with van der Waals surface area (Å²) in [6.07, 6.45) is -4.48. The molecule has 1 heterocycles. The van der Waals surface area contributed by atoms with E-state index >= 15 is 0 Å². The molecule has 152 valence electrons. The number of alkyl halides is 3. The standard InChI is InChI=1S/C19H17F3N4O3/c1-10(27)23-13-4-3-5-14-16(13)26-18(24-14)25-15(17(28)29-2)11-6-8-12(9-7-11)19(20,21)22/h3-9,15H,1-2H3,(H,23,27)(H2,24,25,26). The summed E-state index contributed by atoms with van der Waals surface area (Å²) in [7, 11) is 1.18. The van der Waals surface area contributed by atoms with Crippen LogP contribution in [-0.2, 0) is 20.5 Å². The molecule has 0 fully saturated rings. The molecule has 0 saturated carbocycles. The van der Waals surface area contributed by atoms with Gasteiger partial charge in [0.05, 0.1) is 23.9 Å². The Hall–Kier alpha value is -3.56. The molecule has 1 amide bonds. The number of ether oxygens (including phenoxy) is 1. The molecule has 0 radical (unpaired) electrons. The molecule has 0 aliphatic heterocycles. The molecule has 10 heteroatoms. The number of aromatic nitrogens is 2. The number of hydrogen-bond acceptors (Lipinski definition) is 5. The number of esters is 1. The van der Waals surface area contributed by atoms with Gasteiger partial charge in [-0.25, -0.2) is 9.78 Å². The van der Waals surface area contributed by atoms with Gasteiger partial charge in [0.15, 0.2) is 6.04 Å². The number of anilines is 2. The summed E-state index contributed by atoms with van der Waals surface area (Å²) < 4.78 is 43.1. The highest BCUT2D eigenvalue weighted by Gasteiger charge is 2.31. The Labute approximate surface area is 163 Å². The van der Waals surface area contributed by atoms with Crippen LogP contribution in [0.25, 0.3) is 11.0 Å². The van der Waals surface area contributed by atoms with Gasteiger partial charge < -0.3 is 20.4 Å². The maximum absolute atomic E-state index is 12.8. The van der Waals surface area contributed by atoms with E-state index in [1.807, 2.05) is 0 Å². The fourth-order valence-corrected chi connectivity index (χ4v) is 2.79. The lowest BCUT2D eigenvalue weighted by Crippen LogP contribution is -2.23. The number of amides is 1. The maximum atomic E-state index is 12.8. The molecule has 3 aromatic rings. The van der Waals surface area contributed by atoms with E-state index < -0.39 is 23.8 Å². The van der Waals surface area contributed by atoms with Gasteiger partial charge in [-0.3, -0.25) is 4.79 Å². The predicted molar refractivity (Wildman–Crippen MR) is 100 cm³/mol. The fraction of sp³-hybridized carbons (Fsp3) is 0.211. The smallest absolute Gasteiger partial charge is 0.416 e. The van der Waals surface area contributed by atoms with Crippen molar-refractivity contribution in [3.8, 4) is 0 Å². The molecule has 29 heavy (non-hydrogen) atoms. The molecule has 3 rings (SSSR count). The second-order valence-corrected chi connectivity index (χ2v) is 6.19. The van der Waals surface area contributed by atoms with E-state index in [1.165, 1.54) is 26.2 Å². The highest BCUT2D eigenvalue weighted by molar-refractivity contribution is 5.99. The number of nitrogens with zero attached hydrogens (tertiary/aromatic N) is 1. The monoisotopic (exact) mass is 406 g/mol. The quantitative estimate of drug-likeness (QED) is 0.559. The van der Waals surface area contributed by atoms with Crippen molar-refractivity contribution in [3.63, 3.8) is 0 Å². The van der Waals surface area contributed by atoms with E-state index in [2.05, 4.69) is 20.6 Å². The van der Waals surface area contributed by atoms with Gasteiger partial charge in [-0.1, -0.05) is 18.2 Å². The molecule has 2 aromatic carbocycles. The highest BCUT2D eigenvalue weighted by atomic mass is 19.4. The number of para-hydroxylation sites is 1. The van der Waals surface area contributed by atoms with Crippen LogP contribution in [0.2, 0.25) is 0 Å². The van der Waals surface area contributed by atoms with Crippen LogP contribution < -0.4 is 10.6 Å². The number of halogens is 3. The van der Waals surface area contributed by atoms with Gasteiger partial charge in [-0.05, 0) is 29.8 Å². The van der Waals surface area contributed by atoms with E-state index in [1.54, 1.807) is 18.2 Å². The summed E-state index contributed by atoms with van der Waals surface area (Å²) in [6, 6.07) is 8.19. The summed E-state index contributed by atoms with van der Waals surface area (Å²) in [6.45, 7) is 1.36. The van der Waals surface area contributed by atoms with Crippen molar-refractivity contribution < 1.29 is 27.5 Å². The van der Waals surface area contributed by atoms with Crippen molar-refractivity contribution >= 4 is 34.5 Å². The third-order valence-electron chi connectivity index (χ3n) is 4.11. The minimum Gasteiger partial charge on any atom is -0.467 e. The van der Waals surface area contributed by atoms with Crippen molar-refractivity contribution in [1.82, 2.24) is 9.97 Å². The summed E-state index contributed by atoms with van der Waals surface area (Å²) in [5.41, 5.74) is 0.973. The average Bonchev–Trinajstić information content (AvgIpc) is 3.08. The van der Waals surface area contributed by atoms with Crippen molar-refractivity contribution in [1.29, 1.82) is 0 Å². The number of benzene rings is 2. The molecular weight excluding hydrogens is 389 g/mol. The highest BCUT2D eigenvalue weighted by Crippen LogP contribution is 2.31. The van der Waals surface area contributed by atoms with Crippen LogP contribution in [0.15, 0.2) is 42.5 Å². The number of fused-ring (bicyclic) bond motifs is 1. The predicted octanol–water partition coefficient (Wildman–Crippen LogP) is 3.87. The number of hydrogen-bond donors (Lipinski definition) is 3. The zero-order valence-electron chi connectivity index (χ0n) is 15.4. The van der Waals surface area contributed by atoms with Gasteiger partial charge in [-0.15, -0.1) is 0 Å². The lowest BCUT2D eigenvalue weighted by Gasteiger charge is -2.17. The third kappa shape index (κ3) is 4.48. The summed E-state index contributed by atoms with van der Waals surface area (Å²) in [5.74, 6) is -0.785. The molecule has 0 saturated heterocycles. The van der Waals surface area contributed by atoms with Gasteiger partial charge in [0.25, 0.3) is 0 Å². The number of methoxy groups -OCH3 is 1. The Morgan fingerprint density at radius 2 is 1.83 bits per heavy atom. The Balaban J connectivity index is 1.93. The van der Waals surface area contributed by atoms with E-state index in [-0.39, 0.29) is 17.4 Å². The van der Waals surface area contributed by atoms with Gasteiger partial charge in [-0.2, -0.15) is 13.2 Å². The number of H-pyrrole nitrogens is 1. The second kappa shape index (κ2) is 7.82. The van der Waals surface area contributed by atoms with Crippen molar-refractivity contribution in [3.05, 3.63) is 53.6 Å². The first kappa shape index (κ1) is 20.2. The van der Waals surface area contributed by atoms with Gasteiger partial charge in [0, 0.05) is 6.92 Å². The number of imidazole rings is 1. The zero-order chi connectivity index (χ0) is 21.2. The van der Waals surface area contributed by atoms with E-state index in [4.69, 9.17) is 4.74 Å². The molecule has 3 N–H and O–H groups in total. The SMILES string of the molecule is COC(=O)C(Nc1nc2c(NC(C)=O)cccc2[nH]1)c1ccc(C(F)(F)F)cc1. The van der Waals surface area contributed by atoms with Crippen LogP contribution >= 0.6 is 0 Å². The molecule has 1 unspecified atom stereocenters. The molecule has 0 bridgehead atoms. The van der Waals surface area contributed by atoms with Crippen LogP contribution in [0.5, 0.6) is 0 Å². The van der Waals surface area contributed by atoms with Crippen LogP contribution in [-0.4, -0.2) is 29.0 Å². The number of carbonyl (C=O) groups is 2. The third-order valence-corrected chi connectivity index (χ3v) is 4.11. The lowest BCUT2D eigenvalue weighted by molar-refractivity contribution is -0.141. The topological polar surface area (TPSA) is 96.1 Å². The Kier molecular flexibility index (Phi) is 5.44. The zero-order valence-corrected chi connectivity index (χ0v) is 15.4. The van der Waals surface area contributed by atoms with E-state index in [9.17, 15) is 22.8 Å². The van der Waals surface area contributed by atoms with Crippen molar-refractivity contribution in [2.75, 3.05) is 17.7 Å². The first-order valence-electron chi connectivity index (χ1n) is 8.47. The van der Waals surface area contributed by atoms with Crippen LogP contribution in [0.4, 0.5) is 24.8 Å². The van der Waals surface area contributed by atoms with Crippen LogP contribution in [0.3, 0.4) is 0 Å². The molecule has 0 aliphatic carbocycles. The minimum atomic E-state index is -4.48. The Morgan fingerprint density at radius 3 is 2.41 bits per heavy atom.